The molecule has 1 heterocycles. The summed E-state index contributed by atoms with van der Waals surface area (Å²) in [5.41, 5.74) is 7.02. The molecule has 0 spiro atoms. The molecule has 0 radical (unpaired) electrons. The number of aryl methyl sites for hydroxylation is 4. The van der Waals surface area contributed by atoms with E-state index in [9.17, 15) is 15.0 Å². The van der Waals surface area contributed by atoms with E-state index in [0.29, 0.717) is 27.9 Å². The maximum atomic E-state index is 13.9. The number of aromatic hydroxyl groups is 2. The quantitative estimate of drug-likeness (QED) is 0.344. The summed E-state index contributed by atoms with van der Waals surface area (Å²) in [4.78, 5) is 13.9. The summed E-state index contributed by atoms with van der Waals surface area (Å²) in [5.74, 6) is 0.0369. The fourth-order valence-electron chi connectivity index (χ4n) is 5.15. The number of hydrogen-bond donors (Lipinski definition) is 3. The lowest BCUT2D eigenvalue weighted by molar-refractivity contribution is -0.118. The van der Waals surface area contributed by atoms with E-state index in [0.717, 1.165) is 27.8 Å². The van der Waals surface area contributed by atoms with E-state index in [4.69, 9.17) is 0 Å². The molecule has 1 aliphatic rings. The first-order valence-electron chi connectivity index (χ1n) is 11.4. The highest BCUT2D eigenvalue weighted by molar-refractivity contribution is 6.12. The molecular weight excluding hydrogens is 422 g/mol. The third-order valence-electron chi connectivity index (χ3n) is 6.84. The molecule has 0 saturated carbocycles. The van der Waals surface area contributed by atoms with Crippen LogP contribution >= 0.6 is 0 Å². The molecule has 34 heavy (non-hydrogen) atoms. The van der Waals surface area contributed by atoms with E-state index in [1.54, 1.807) is 6.07 Å². The summed E-state index contributed by atoms with van der Waals surface area (Å²) in [6, 6.07) is 23.3. The molecule has 1 aliphatic heterocycles. The summed E-state index contributed by atoms with van der Waals surface area (Å²) in [6.45, 7) is 7.65. The van der Waals surface area contributed by atoms with Gasteiger partial charge in [-0.15, -0.1) is 0 Å². The molecule has 4 aromatic rings. The zero-order valence-electron chi connectivity index (χ0n) is 19.7. The van der Waals surface area contributed by atoms with E-state index < -0.39 is 5.41 Å². The summed E-state index contributed by atoms with van der Waals surface area (Å²) < 4.78 is 0. The van der Waals surface area contributed by atoms with Gasteiger partial charge in [0.2, 0.25) is 5.91 Å². The molecule has 0 bridgehead atoms. The Bertz CT molecular complexity index is 1450. The second-order valence-electron chi connectivity index (χ2n) is 9.31. The molecule has 4 nitrogen and oxygen atoms in total. The predicted octanol–water partition coefficient (Wildman–Crippen LogP) is 6.28. The fraction of sp³-hybridized carbons (Fsp3) is 0.167. The molecule has 3 N–H and O–H groups in total. The van der Waals surface area contributed by atoms with E-state index in [1.165, 1.54) is 0 Å². The van der Waals surface area contributed by atoms with E-state index in [2.05, 4.69) is 30.4 Å². The fourth-order valence-corrected chi connectivity index (χ4v) is 5.15. The molecule has 1 atom stereocenters. The Balaban J connectivity index is 1.82. The molecular formula is C30H27NO3. The minimum Gasteiger partial charge on any atom is -0.508 e. The van der Waals surface area contributed by atoms with Gasteiger partial charge in [-0.1, -0.05) is 71.8 Å². The highest BCUT2D eigenvalue weighted by Gasteiger charge is 2.51. The van der Waals surface area contributed by atoms with Crippen molar-refractivity contribution in [3.05, 3.63) is 112 Å². The van der Waals surface area contributed by atoms with Crippen LogP contribution in [0, 0.1) is 27.7 Å². The molecule has 0 fully saturated rings. The summed E-state index contributed by atoms with van der Waals surface area (Å²) in [5, 5.41) is 24.5. The smallest absolute Gasteiger partial charge is 0.244 e. The van der Waals surface area contributed by atoms with Crippen molar-refractivity contribution in [3.8, 4) is 22.6 Å². The maximum absolute atomic E-state index is 13.9. The molecule has 1 amide bonds. The molecule has 4 aromatic carbocycles. The Labute approximate surface area is 199 Å². The molecule has 5 rings (SSSR count). The lowest BCUT2D eigenvalue weighted by atomic mass is 9.68. The van der Waals surface area contributed by atoms with Gasteiger partial charge in [0.05, 0.1) is 0 Å². The van der Waals surface area contributed by atoms with Gasteiger partial charge in [-0.3, -0.25) is 4.79 Å². The molecule has 0 aliphatic carbocycles. The number of phenolic OH excluding ortho intramolecular Hbond substituents is 2. The first-order valence-corrected chi connectivity index (χ1v) is 11.4. The summed E-state index contributed by atoms with van der Waals surface area (Å²) >= 11 is 0. The Kier molecular flexibility index (Phi) is 4.98. The van der Waals surface area contributed by atoms with Gasteiger partial charge in [-0.05, 0) is 67.6 Å². The van der Waals surface area contributed by atoms with Crippen molar-refractivity contribution in [2.45, 2.75) is 33.1 Å². The average Bonchev–Trinajstić information content (AvgIpc) is 3.10. The lowest BCUT2D eigenvalue weighted by Crippen LogP contribution is -2.37. The number of nitrogens with one attached hydrogen (secondary N) is 1. The van der Waals surface area contributed by atoms with Crippen molar-refractivity contribution in [3.63, 3.8) is 0 Å². The first-order chi connectivity index (χ1) is 16.2. The van der Waals surface area contributed by atoms with E-state index >= 15 is 0 Å². The van der Waals surface area contributed by atoms with E-state index in [-0.39, 0.29) is 17.4 Å². The minimum absolute atomic E-state index is 0.0553. The van der Waals surface area contributed by atoms with Crippen molar-refractivity contribution in [2.24, 2.45) is 0 Å². The molecule has 1 unspecified atom stereocenters. The summed E-state index contributed by atoms with van der Waals surface area (Å²) in [6.07, 6.45) is 0. The van der Waals surface area contributed by atoms with Crippen LogP contribution < -0.4 is 5.32 Å². The third kappa shape index (κ3) is 3.18. The number of anilines is 1. The Morgan fingerprint density at radius 3 is 2.09 bits per heavy atom. The topological polar surface area (TPSA) is 69.6 Å². The lowest BCUT2D eigenvalue weighted by Gasteiger charge is -2.31. The Hall–Kier alpha value is -4.05. The van der Waals surface area contributed by atoms with Crippen molar-refractivity contribution >= 4 is 11.6 Å². The Morgan fingerprint density at radius 1 is 0.706 bits per heavy atom. The monoisotopic (exact) mass is 449 g/mol. The molecule has 170 valence electrons. The van der Waals surface area contributed by atoms with Crippen LogP contribution in [0.1, 0.15) is 38.9 Å². The van der Waals surface area contributed by atoms with Gasteiger partial charge in [0.25, 0.3) is 0 Å². The second-order valence-corrected chi connectivity index (χ2v) is 9.31. The van der Waals surface area contributed by atoms with Crippen LogP contribution in [-0.4, -0.2) is 16.1 Å². The van der Waals surface area contributed by atoms with Crippen molar-refractivity contribution < 1.29 is 15.0 Å². The van der Waals surface area contributed by atoms with Crippen LogP contribution in [0.25, 0.3) is 11.1 Å². The molecule has 0 aromatic heterocycles. The van der Waals surface area contributed by atoms with Gasteiger partial charge in [-0.2, -0.15) is 0 Å². The zero-order chi connectivity index (χ0) is 24.2. The van der Waals surface area contributed by atoms with Gasteiger partial charge in [0.15, 0.2) is 0 Å². The minimum atomic E-state index is -1.25. The number of amides is 1. The van der Waals surface area contributed by atoms with Crippen molar-refractivity contribution in [2.75, 3.05) is 5.32 Å². The summed E-state index contributed by atoms with van der Waals surface area (Å²) in [7, 11) is 0. The normalized spacial score (nSPS) is 16.9. The number of rotatable bonds is 3. The van der Waals surface area contributed by atoms with Crippen molar-refractivity contribution in [1.82, 2.24) is 0 Å². The highest BCUT2D eigenvalue weighted by atomic mass is 16.3. The van der Waals surface area contributed by atoms with Crippen LogP contribution in [0.4, 0.5) is 5.69 Å². The molecule has 4 heteroatoms. The van der Waals surface area contributed by atoms with Gasteiger partial charge < -0.3 is 15.5 Å². The number of hydrogen-bond acceptors (Lipinski definition) is 3. The SMILES string of the molecule is Cc1cccc(-c2ccc3c(c2)NC(=O)C3(c2cc(C)c(O)c(C)c2)c2cc(C)ccc2O)c1. The molecule has 0 saturated heterocycles. The van der Waals surface area contributed by atoms with E-state index in [1.807, 2.05) is 69.3 Å². The number of fused-ring (bicyclic) bond motifs is 1. The van der Waals surface area contributed by atoms with Crippen LogP contribution in [0.3, 0.4) is 0 Å². The first kappa shape index (κ1) is 21.8. The largest absolute Gasteiger partial charge is 0.508 e. The Morgan fingerprint density at radius 2 is 1.38 bits per heavy atom. The second kappa shape index (κ2) is 7.77. The number of carbonyl (C=O) groups is 1. The van der Waals surface area contributed by atoms with Crippen molar-refractivity contribution in [1.29, 1.82) is 0 Å². The van der Waals surface area contributed by atoms with Crippen LogP contribution in [0.5, 0.6) is 11.5 Å². The van der Waals surface area contributed by atoms with Gasteiger partial charge in [0, 0.05) is 16.8 Å². The van der Waals surface area contributed by atoms with Gasteiger partial charge >= 0.3 is 0 Å². The van der Waals surface area contributed by atoms with Crippen LogP contribution in [0.15, 0.2) is 72.8 Å². The average molecular weight is 450 g/mol. The van der Waals surface area contributed by atoms with Gasteiger partial charge in [-0.25, -0.2) is 0 Å². The predicted molar refractivity (Wildman–Crippen MR) is 136 cm³/mol. The third-order valence-corrected chi connectivity index (χ3v) is 6.84. The van der Waals surface area contributed by atoms with Crippen LogP contribution in [-0.2, 0) is 10.2 Å². The number of phenols is 2. The van der Waals surface area contributed by atoms with Crippen LogP contribution in [0.2, 0.25) is 0 Å². The number of benzene rings is 4. The standard InChI is InChI=1S/C30H27NO3/c1-17-6-5-7-21(12-17)22-9-10-24-26(16-22)31-29(34)30(24,25-13-18(2)8-11-27(25)32)23-14-19(3)28(33)20(4)15-23/h5-16,32-33H,1-4H3,(H,31,34). The van der Waals surface area contributed by atoms with Gasteiger partial charge in [0.1, 0.15) is 16.9 Å². The number of carbonyl (C=O) groups excluding carboxylic acids is 1. The maximum Gasteiger partial charge on any atom is 0.244 e. The highest BCUT2D eigenvalue weighted by Crippen LogP contribution is 2.51. The zero-order valence-corrected chi connectivity index (χ0v) is 19.7.